The zero-order valence-corrected chi connectivity index (χ0v) is 13.0. The molecule has 1 aliphatic rings. The van der Waals surface area contributed by atoms with Crippen LogP contribution in [0.5, 0.6) is 5.75 Å². The Hall–Kier alpha value is -2.33. The molecule has 2 aromatic rings. The first-order valence-electron chi connectivity index (χ1n) is 7.94. The molecule has 2 aromatic carbocycles. The molecular formula is C19H21NO3. The van der Waals surface area contributed by atoms with Gasteiger partial charge in [-0.3, -0.25) is 4.79 Å². The lowest BCUT2D eigenvalue weighted by Gasteiger charge is -2.29. The Kier molecular flexibility index (Phi) is 4.93. The van der Waals surface area contributed by atoms with E-state index < -0.39 is 0 Å². The van der Waals surface area contributed by atoms with Gasteiger partial charge in [0.2, 0.25) is 5.91 Å². The molecule has 0 bridgehead atoms. The van der Waals surface area contributed by atoms with Crippen LogP contribution in [0.1, 0.15) is 23.5 Å². The number of phenolic OH excluding ortho intramolecular Hbond substituents is 1. The van der Waals surface area contributed by atoms with Crippen molar-refractivity contribution in [2.24, 2.45) is 0 Å². The number of phenols is 1. The first-order chi connectivity index (χ1) is 11.3. The number of hydrogen-bond donors (Lipinski definition) is 1. The zero-order chi connectivity index (χ0) is 16.1. The number of benzene rings is 2. The SMILES string of the molecule is O=C(C[C@H](c1ccccc1)c1ccccc1O)N1CCOCC1. The molecule has 1 fully saturated rings. The number of carbonyl (C=O) groups is 1. The van der Waals surface area contributed by atoms with Crippen molar-refractivity contribution in [2.45, 2.75) is 12.3 Å². The number of rotatable bonds is 4. The summed E-state index contributed by atoms with van der Waals surface area (Å²) in [6.07, 6.45) is 0.349. The van der Waals surface area contributed by atoms with E-state index in [0.29, 0.717) is 32.7 Å². The average molecular weight is 311 g/mol. The fraction of sp³-hybridized carbons (Fsp3) is 0.316. The smallest absolute Gasteiger partial charge is 0.223 e. The molecule has 0 aromatic heterocycles. The van der Waals surface area contributed by atoms with Crippen LogP contribution in [0.4, 0.5) is 0 Å². The summed E-state index contributed by atoms with van der Waals surface area (Å²) in [7, 11) is 0. The Balaban J connectivity index is 1.87. The second kappa shape index (κ2) is 7.29. The lowest BCUT2D eigenvalue weighted by atomic mass is 9.87. The summed E-state index contributed by atoms with van der Waals surface area (Å²) in [5.74, 6) is 0.189. The highest BCUT2D eigenvalue weighted by Crippen LogP contribution is 2.34. The molecule has 0 unspecified atom stereocenters. The maximum Gasteiger partial charge on any atom is 0.223 e. The van der Waals surface area contributed by atoms with Crippen LogP contribution in [0.15, 0.2) is 54.6 Å². The lowest BCUT2D eigenvalue weighted by molar-refractivity contribution is -0.135. The first kappa shape index (κ1) is 15.6. The summed E-state index contributed by atoms with van der Waals surface area (Å²) < 4.78 is 5.31. The molecule has 1 heterocycles. The molecule has 3 rings (SSSR count). The molecule has 0 radical (unpaired) electrons. The van der Waals surface area contributed by atoms with E-state index in [9.17, 15) is 9.90 Å². The van der Waals surface area contributed by atoms with E-state index >= 15 is 0 Å². The minimum Gasteiger partial charge on any atom is -0.508 e. The van der Waals surface area contributed by atoms with Crippen LogP contribution in [-0.2, 0) is 9.53 Å². The maximum atomic E-state index is 12.7. The van der Waals surface area contributed by atoms with Crippen molar-refractivity contribution in [1.82, 2.24) is 4.90 Å². The molecule has 0 aliphatic carbocycles. The number of hydrogen-bond acceptors (Lipinski definition) is 3. The van der Waals surface area contributed by atoms with Gasteiger partial charge in [0.25, 0.3) is 0 Å². The van der Waals surface area contributed by atoms with E-state index in [1.165, 1.54) is 0 Å². The van der Waals surface area contributed by atoms with Crippen molar-refractivity contribution in [3.05, 3.63) is 65.7 Å². The van der Waals surface area contributed by atoms with Gasteiger partial charge < -0.3 is 14.7 Å². The highest BCUT2D eigenvalue weighted by Gasteiger charge is 2.24. The van der Waals surface area contributed by atoms with Crippen LogP contribution in [0.2, 0.25) is 0 Å². The zero-order valence-electron chi connectivity index (χ0n) is 13.0. The van der Waals surface area contributed by atoms with Gasteiger partial charge in [-0.2, -0.15) is 0 Å². The number of ether oxygens (including phenoxy) is 1. The van der Waals surface area contributed by atoms with E-state index in [-0.39, 0.29) is 17.6 Å². The lowest BCUT2D eigenvalue weighted by Crippen LogP contribution is -2.41. The first-order valence-corrected chi connectivity index (χ1v) is 7.94. The van der Waals surface area contributed by atoms with Crippen LogP contribution in [0, 0.1) is 0 Å². The van der Waals surface area contributed by atoms with Crippen molar-refractivity contribution in [3.63, 3.8) is 0 Å². The predicted octanol–water partition coefficient (Wildman–Crippen LogP) is 2.77. The highest BCUT2D eigenvalue weighted by atomic mass is 16.5. The molecule has 4 nitrogen and oxygen atoms in total. The number of amides is 1. The van der Waals surface area contributed by atoms with E-state index in [4.69, 9.17) is 4.74 Å². The van der Waals surface area contributed by atoms with Gasteiger partial charge in [-0.25, -0.2) is 0 Å². The Morgan fingerprint density at radius 3 is 2.39 bits per heavy atom. The Bertz CT molecular complexity index is 651. The van der Waals surface area contributed by atoms with Crippen molar-refractivity contribution >= 4 is 5.91 Å². The van der Waals surface area contributed by atoms with Gasteiger partial charge in [-0.1, -0.05) is 48.5 Å². The van der Waals surface area contributed by atoms with Crippen molar-refractivity contribution < 1.29 is 14.6 Å². The highest BCUT2D eigenvalue weighted by molar-refractivity contribution is 5.78. The maximum absolute atomic E-state index is 12.7. The normalized spacial score (nSPS) is 16.1. The van der Waals surface area contributed by atoms with Crippen LogP contribution in [0.25, 0.3) is 0 Å². The summed E-state index contributed by atoms with van der Waals surface area (Å²) in [6, 6.07) is 17.1. The molecule has 23 heavy (non-hydrogen) atoms. The number of morpholine rings is 1. The molecule has 1 N–H and O–H groups in total. The van der Waals surface area contributed by atoms with Crippen LogP contribution in [-0.4, -0.2) is 42.2 Å². The summed E-state index contributed by atoms with van der Waals surface area (Å²) >= 11 is 0. The number of carbonyl (C=O) groups excluding carboxylic acids is 1. The molecule has 1 amide bonds. The third-order valence-corrected chi connectivity index (χ3v) is 4.26. The van der Waals surface area contributed by atoms with E-state index in [1.807, 2.05) is 47.4 Å². The number of nitrogens with zero attached hydrogens (tertiary/aromatic N) is 1. The van der Waals surface area contributed by atoms with Crippen molar-refractivity contribution in [2.75, 3.05) is 26.3 Å². The molecule has 1 saturated heterocycles. The quantitative estimate of drug-likeness (QED) is 0.944. The second-order valence-electron chi connectivity index (χ2n) is 5.72. The fourth-order valence-electron chi connectivity index (χ4n) is 2.99. The molecule has 0 spiro atoms. The molecule has 4 heteroatoms. The minimum absolute atomic E-state index is 0.102. The Labute approximate surface area is 136 Å². The van der Waals surface area contributed by atoms with Crippen LogP contribution in [0.3, 0.4) is 0 Å². The van der Waals surface area contributed by atoms with Gasteiger partial charge in [0, 0.05) is 31.0 Å². The van der Waals surface area contributed by atoms with Gasteiger partial charge in [-0.05, 0) is 11.6 Å². The van der Waals surface area contributed by atoms with Crippen molar-refractivity contribution in [3.8, 4) is 5.75 Å². The molecule has 120 valence electrons. The predicted molar refractivity (Wildman–Crippen MR) is 88.4 cm³/mol. The van der Waals surface area contributed by atoms with Crippen molar-refractivity contribution in [1.29, 1.82) is 0 Å². The average Bonchev–Trinajstić information content (AvgIpc) is 2.62. The van der Waals surface area contributed by atoms with E-state index in [2.05, 4.69) is 0 Å². The van der Waals surface area contributed by atoms with Gasteiger partial charge in [-0.15, -0.1) is 0 Å². The summed E-state index contributed by atoms with van der Waals surface area (Å²) in [6.45, 7) is 2.47. The fourth-order valence-corrected chi connectivity index (χ4v) is 2.99. The molecule has 1 atom stereocenters. The standard InChI is InChI=1S/C19H21NO3/c21-18-9-5-4-8-16(18)17(15-6-2-1-3-7-15)14-19(22)20-10-12-23-13-11-20/h1-9,17,21H,10-14H2/t17-/m1/s1. The number of aromatic hydroxyl groups is 1. The molecular weight excluding hydrogens is 290 g/mol. The topological polar surface area (TPSA) is 49.8 Å². The monoisotopic (exact) mass is 311 g/mol. The second-order valence-corrected chi connectivity index (χ2v) is 5.72. The Morgan fingerprint density at radius 1 is 1.04 bits per heavy atom. The van der Waals surface area contributed by atoms with E-state index in [0.717, 1.165) is 11.1 Å². The summed E-state index contributed by atoms with van der Waals surface area (Å²) in [5.41, 5.74) is 1.83. The van der Waals surface area contributed by atoms with Gasteiger partial charge >= 0.3 is 0 Å². The summed E-state index contributed by atoms with van der Waals surface area (Å²) in [5, 5.41) is 10.2. The minimum atomic E-state index is -0.146. The van der Waals surface area contributed by atoms with E-state index in [1.54, 1.807) is 12.1 Å². The largest absolute Gasteiger partial charge is 0.508 e. The van der Waals surface area contributed by atoms with Crippen LogP contribution >= 0.6 is 0 Å². The third-order valence-electron chi connectivity index (χ3n) is 4.26. The third kappa shape index (κ3) is 3.71. The Morgan fingerprint density at radius 2 is 1.70 bits per heavy atom. The number of para-hydroxylation sites is 1. The van der Waals surface area contributed by atoms with Gasteiger partial charge in [0.05, 0.1) is 13.2 Å². The van der Waals surface area contributed by atoms with Gasteiger partial charge in [0.15, 0.2) is 0 Å². The van der Waals surface area contributed by atoms with Gasteiger partial charge in [0.1, 0.15) is 5.75 Å². The summed E-state index contributed by atoms with van der Waals surface area (Å²) in [4.78, 5) is 14.5. The molecule has 1 aliphatic heterocycles. The molecule has 0 saturated carbocycles. The van der Waals surface area contributed by atoms with Crippen LogP contribution < -0.4 is 0 Å².